The molecule has 5 N–H and O–H groups in total. The highest BCUT2D eigenvalue weighted by molar-refractivity contribution is 5.61. The Hall–Kier alpha value is -1.45. The summed E-state index contributed by atoms with van der Waals surface area (Å²) in [5.41, 5.74) is 11.7. The number of nitrogens with one attached hydrogen (secondary N) is 1. The van der Waals surface area contributed by atoms with Crippen molar-refractivity contribution in [2.75, 3.05) is 16.8 Å². The summed E-state index contributed by atoms with van der Waals surface area (Å²) in [6, 6.07) is 4.05. The molecule has 1 heterocycles. The lowest BCUT2D eigenvalue weighted by Crippen LogP contribution is -2.16. The normalized spacial score (nSPS) is 12.4. The average molecular weight is 208 g/mol. The van der Waals surface area contributed by atoms with Crippen LogP contribution in [0, 0.1) is 0 Å². The summed E-state index contributed by atoms with van der Waals surface area (Å²) in [5.74, 6) is 1.19. The van der Waals surface area contributed by atoms with Crippen molar-refractivity contribution < 1.29 is 0 Å². The Balaban J connectivity index is 2.53. The number of nitrogens with zero attached hydrogens (tertiary/aromatic N) is 1. The predicted molar refractivity (Wildman–Crippen MR) is 65.7 cm³/mol. The zero-order valence-electron chi connectivity index (χ0n) is 9.46. The van der Waals surface area contributed by atoms with E-state index in [-0.39, 0.29) is 0 Å². The van der Waals surface area contributed by atoms with Gasteiger partial charge in [-0.3, -0.25) is 0 Å². The molecule has 1 aromatic rings. The van der Waals surface area contributed by atoms with E-state index in [4.69, 9.17) is 11.5 Å². The molecule has 0 aliphatic heterocycles. The lowest BCUT2D eigenvalue weighted by atomic mass is 10.1. The molecule has 4 heteroatoms. The summed E-state index contributed by atoms with van der Waals surface area (Å²) >= 11 is 0. The highest BCUT2D eigenvalue weighted by Gasteiger charge is 2.03. The van der Waals surface area contributed by atoms with Crippen molar-refractivity contribution in [3.05, 3.63) is 12.1 Å². The largest absolute Gasteiger partial charge is 0.396 e. The van der Waals surface area contributed by atoms with Crippen LogP contribution in [0.25, 0.3) is 0 Å². The van der Waals surface area contributed by atoms with Crippen molar-refractivity contribution in [2.24, 2.45) is 0 Å². The topological polar surface area (TPSA) is 77.0 Å². The van der Waals surface area contributed by atoms with E-state index in [9.17, 15) is 0 Å². The van der Waals surface area contributed by atoms with Gasteiger partial charge in [-0.1, -0.05) is 19.8 Å². The van der Waals surface area contributed by atoms with Crippen molar-refractivity contribution in [3.63, 3.8) is 0 Å². The summed E-state index contributed by atoms with van der Waals surface area (Å²) in [7, 11) is 0. The zero-order valence-corrected chi connectivity index (χ0v) is 9.46. The Labute approximate surface area is 91.1 Å². The fraction of sp³-hybridized carbons (Fsp3) is 0.545. The molecule has 1 unspecified atom stereocenters. The van der Waals surface area contributed by atoms with Crippen molar-refractivity contribution in [1.82, 2.24) is 4.98 Å². The van der Waals surface area contributed by atoms with Gasteiger partial charge in [-0.2, -0.15) is 0 Å². The second-order valence-corrected chi connectivity index (χ2v) is 3.86. The first kappa shape index (κ1) is 11.6. The highest BCUT2D eigenvalue weighted by Crippen LogP contribution is 2.16. The molecule has 1 rings (SSSR count). The molecular formula is C11H20N4. The first-order chi connectivity index (χ1) is 7.13. The van der Waals surface area contributed by atoms with E-state index in [0.717, 1.165) is 12.2 Å². The fourth-order valence-electron chi connectivity index (χ4n) is 1.40. The molecular weight excluding hydrogens is 188 g/mol. The van der Waals surface area contributed by atoms with Gasteiger partial charge in [0.1, 0.15) is 11.6 Å². The molecule has 0 bridgehead atoms. The molecule has 0 saturated carbocycles. The predicted octanol–water partition coefficient (Wildman–Crippen LogP) is 2.24. The molecule has 0 aromatic carbocycles. The molecule has 15 heavy (non-hydrogen) atoms. The van der Waals surface area contributed by atoms with E-state index < -0.39 is 0 Å². The van der Waals surface area contributed by atoms with Crippen LogP contribution in [0.15, 0.2) is 12.1 Å². The number of nitrogen functional groups attached to an aromatic ring is 2. The third kappa shape index (κ3) is 3.65. The molecule has 0 aliphatic rings. The maximum absolute atomic E-state index is 5.62. The summed E-state index contributed by atoms with van der Waals surface area (Å²) in [6.45, 7) is 4.33. The molecule has 84 valence electrons. The highest BCUT2D eigenvalue weighted by atomic mass is 15.0. The zero-order chi connectivity index (χ0) is 11.3. The Morgan fingerprint density at radius 2 is 2.13 bits per heavy atom. The molecule has 4 nitrogen and oxygen atoms in total. The van der Waals surface area contributed by atoms with Gasteiger partial charge in [0, 0.05) is 6.04 Å². The van der Waals surface area contributed by atoms with Gasteiger partial charge >= 0.3 is 0 Å². The average Bonchev–Trinajstić information content (AvgIpc) is 2.20. The summed E-state index contributed by atoms with van der Waals surface area (Å²) in [4.78, 5) is 4.16. The number of anilines is 3. The van der Waals surface area contributed by atoms with Crippen LogP contribution in [-0.4, -0.2) is 11.0 Å². The van der Waals surface area contributed by atoms with Gasteiger partial charge in [0.05, 0.1) is 5.69 Å². The first-order valence-corrected chi connectivity index (χ1v) is 5.42. The first-order valence-electron chi connectivity index (χ1n) is 5.42. The minimum absolute atomic E-state index is 0.391. The van der Waals surface area contributed by atoms with Crippen LogP contribution in [-0.2, 0) is 0 Å². The number of hydrogen-bond acceptors (Lipinski definition) is 4. The molecule has 0 aliphatic carbocycles. The second-order valence-electron chi connectivity index (χ2n) is 3.86. The quantitative estimate of drug-likeness (QED) is 0.693. The van der Waals surface area contributed by atoms with E-state index in [0.29, 0.717) is 17.5 Å². The minimum atomic E-state index is 0.391. The third-order valence-electron chi connectivity index (χ3n) is 2.34. The molecule has 0 fully saturated rings. The van der Waals surface area contributed by atoms with Gasteiger partial charge in [0.2, 0.25) is 0 Å². The van der Waals surface area contributed by atoms with Gasteiger partial charge < -0.3 is 16.8 Å². The summed E-state index contributed by atoms with van der Waals surface area (Å²) in [5, 5.41) is 3.30. The number of unbranched alkanes of at least 4 members (excludes halogenated alkanes) is 1. The Morgan fingerprint density at radius 3 is 2.73 bits per heavy atom. The monoisotopic (exact) mass is 208 g/mol. The number of rotatable bonds is 5. The van der Waals surface area contributed by atoms with Crippen LogP contribution in [0.5, 0.6) is 0 Å². The van der Waals surface area contributed by atoms with Crippen molar-refractivity contribution >= 4 is 17.3 Å². The van der Waals surface area contributed by atoms with Crippen LogP contribution < -0.4 is 16.8 Å². The molecule has 1 atom stereocenters. The van der Waals surface area contributed by atoms with Gasteiger partial charge in [0.25, 0.3) is 0 Å². The molecule has 0 radical (unpaired) electrons. The van der Waals surface area contributed by atoms with Crippen LogP contribution in [0.4, 0.5) is 17.3 Å². The van der Waals surface area contributed by atoms with E-state index in [1.807, 2.05) is 6.07 Å². The van der Waals surface area contributed by atoms with Gasteiger partial charge in [-0.25, -0.2) is 4.98 Å². The molecule has 0 amide bonds. The maximum Gasteiger partial charge on any atom is 0.149 e. The SMILES string of the molecule is CCCCC(C)Nc1ccc(N)c(N)n1. The van der Waals surface area contributed by atoms with Crippen LogP contribution in [0.2, 0.25) is 0 Å². The molecule has 0 spiro atoms. The smallest absolute Gasteiger partial charge is 0.149 e. The van der Waals surface area contributed by atoms with Gasteiger partial charge in [-0.05, 0) is 25.5 Å². The standard InChI is InChI=1S/C11H20N4/c1-3-4-5-8(2)14-10-7-6-9(12)11(13)15-10/h6-8H,3-5,12H2,1-2H3,(H3,13,14,15). The molecule has 1 aromatic heterocycles. The summed E-state index contributed by atoms with van der Waals surface area (Å²) < 4.78 is 0. The lowest BCUT2D eigenvalue weighted by molar-refractivity contribution is 0.643. The fourth-order valence-corrected chi connectivity index (χ4v) is 1.40. The van der Waals surface area contributed by atoms with E-state index in [1.165, 1.54) is 12.8 Å². The van der Waals surface area contributed by atoms with Crippen LogP contribution in [0.1, 0.15) is 33.1 Å². The Kier molecular flexibility index (Phi) is 4.21. The summed E-state index contributed by atoms with van der Waals surface area (Å²) in [6.07, 6.45) is 3.57. The maximum atomic E-state index is 5.62. The van der Waals surface area contributed by atoms with E-state index in [1.54, 1.807) is 6.07 Å². The minimum Gasteiger partial charge on any atom is -0.396 e. The number of nitrogens with two attached hydrogens (primary N) is 2. The second kappa shape index (κ2) is 5.44. The lowest BCUT2D eigenvalue weighted by Gasteiger charge is -2.14. The van der Waals surface area contributed by atoms with Gasteiger partial charge in [0.15, 0.2) is 0 Å². The van der Waals surface area contributed by atoms with Gasteiger partial charge in [-0.15, -0.1) is 0 Å². The van der Waals surface area contributed by atoms with Crippen LogP contribution >= 0.6 is 0 Å². The van der Waals surface area contributed by atoms with E-state index in [2.05, 4.69) is 24.1 Å². The number of hydrogen-bond donors (Lipinski definition) is 3. The van der Waals surface area contributed by atoms with E-state index >= 15 is 0 Å². The third-order valence-corrected chi connectivity index (χ3v) is 2.34. The Morgan fingerprint density at radius 1 is 1.40 bits per heavy atom. The Bertz CT molecular complexity index is 311. The number of aromatic nitrogens is 1. The van der Waals surface area contributed by atoms with Crippen LogP contribution in [0.3, 0.4) is 0 Å². The molecule has 0 saturated heterocycles. The van der Waals surface area contributed by atoms with Crippen molar-refractivity contribution in [3.8, 4) is 0 Å². The number of pyridine rings is 1. The van der Waals surface area contributed by atoms with Crippen molar-refractivity contribution in [2.45, 2.75) is 39.2 Å². The van der Waals surface area contributed by atoms with Crippen molar-refractivity contribution in [1.29, 1.82) is 0 Å².